The Labute approximate surface area is 192 Å². The first kappa shape index (κ1) is 24.8. The summed E-state index contributed by atoms with van der Waals surface area (Å²) in [4.78, 5) is 26.2. The third kappa shape index (κ3) is 5.58. The van der Waals surface area contributed by atoms with Crippen molar-refractivity contribution in [3.63, 3.8) is 0 Å². The largest absolute Gasteiger partial charge is 0.454 e. The Morgan fingerprint density at radius 3 is 2.55 bits per heavy atom. The van der Waals surface area contributed by atoms with Crippen molar-refractivity contribution in [1.29, 1.82) is 0 Å². The van der Waals surface area contributed by atoms with Gasteiger partial charge >= 0.3 is 5.97 Å². The number of likely N-dealkylation sites (N-methyl/N-ethyl adjacent to an activating group) is 1. The highest BCUT2D eigenvalue weighted by Crippen LogP contribution is 2.28. The van der Waals surface area contributed by atoms with Gasteiger partial charge in [-0.3, -0.25) is 9.59 Å². The van der Waals surface area contributed by atoms with Crippen LogP contribution in [0.15, 0.2) is 47.4 Å². The predicted octanol–water partition coefficient (Wildman–Crippen LogP) is 1.77. The lowest BCUT2D eigenvalue weighted by atomic mass is 10.1. The van der Waals surface area contributed by atoms with E-state index in [2.05, 4.69) is 0 Å². The number of aliphatic hydroxyl groups is 1. The van der Waals surface area contributed by atoms with Gasteiger partial charge in [0.05, 0.1) is 11.0 Å². The summed E-state index contributed by atoms with van der Waals surface area (Å²) in [6.45, 7) is 2.73. The number of β-amino-alcohol motifs (C(OH)–C–C–N with tert-alkyl or cyclic N) is 1. The van der Waals surface area contributed by atoms with Crippen LogP contribution >= 0.6 is 0 Å². The van der Waals surface area contributed by atoms with Gasteiger partial charge in [-0.2, -0.15) is 4.31 Å². The molecule has 8 nitrogen and oxygen atoms in total. The van der Waals surface area contributed by atoms with Crippen molar-refractivity contribution in [3.05, 3.63) is 65.0 Å². The summed E-state index contributed by atoms with van der Waals surface area (Å²) < 4.78 is 46.1. The molecule has 1 unspecified atom stereocenters. The smallest absolute Gasteiger partial charge is 0.325 e. The lowest BCUT2D eigenvalue weighted by Crippen LogP contribution is -2.42. The molecule has 1 fully saturated rings. The Balaban J connectivity index is 1.67. The number of carbonyl (C=O) groups is 2. The normalized spacial score (nSPS) is 18.8. The summed E-state index contributed by atoms with van der Waals surface area (Å²) in [7, 11) is -2.63. The summed E-state index contributed by atoms with van der Waals surface area (Å²) in [5, 5.41) is 10.1. The minimum absolute atomic E-state index is 0.0122. The van der Waals surface area contributed by atoms with Crippen molar-refractivity contribution in [2.45, 2.75) is 43.9 Å². The van der Waals surface area contributed by atoms with Gasteiger partial charge in [-0.1, -0.05) is 24.3 Å². The summed E-state index contributed by atoms with van der Waals surface area (Å²) in [6.07, 6.45) is -1.18. The Morgan fingerprint density at radius 1 is 1.18 bits per heavy atom. The molecule has 0 saturated carbocycles. The summed E-state index contributed by atoms with van der Waals surface area (Å²) >= 11 is 0. The Hall–Kier alpha value is -2.82. The van der Waals surface area contributed by atoms with Gasteiger partial charge in [-0.05, 0) is 43.2 Å². The molecule has 33 heavy (non-hydrogen) atoms. The van der Waals surface area contributed by atoms with Crippen LogP contribution < -0.4 is 0 Å². The van der Waals surface area contributed by atoms with E-state index in [1.807, 2.05) is 6.92 Å². The maximum Gasteiger partial charge on any atom is 0.325 e. The Morgan fingerprint density at radius 2 is 1.88 bits per heavy atom. The summed E-state index contributed by atoms with van der Waals surface area (Å²) in [5.41, 5.74) is 2.01. The van der Waals surface area contributed by atoms with Crippen molar-refractivity contribution in [3.8, 4) is 0 Å². The number of halogens is 1. The molecule has 0 bridgehead atoms. The van der Waals surface area contributed by atoms with Gasteiger partial charge in [-0.15, -0.1) is 0 Å². The number of amides is 1. The molecule has 1 saturated heterocycles. The second kappa shape index (κ2) is 9.98. The van der Waals surface area contributed by atoms with Crippen molar-refractivity contribution >= 4 is 21.9 Å². The minimum atomic E-state index is -4.07. The number of benzene rings is 2. The van der Waals surface area contributed by atoms with Crippen LogP contribution in [0.1, 0.15) is 23.1 Å². The highest BCUT2D eigenvalue weighted by Gasteiger charge is 2.44. The number of rotatable bonds is 7. The second-order valence-corrected chi connectivity index (χ2v) is 10.1. The molecule has 3 rings (SSSR count). The number of hydrogen-bond acceptors (Lipinski definition) is 6. The Kier molecular flexibility index (Phi) is 7.51. The van der Waals surface area contributed by atoms with Crippen molar-refractivity contribution in [2.75, 3.05) is 20.2 Å². The third-order valence-corrected chi connectivity index (χ3v) is 7.59. The van der Waals surface area contributed by atoms with E-state index >= 15 is 0 Å². The van der Waals surface area contributed by atoms with E-state index in [1.54, 1.807) is 25.1 Å². The van der Waals surface area contributed by atoms with Gasteiger partial charge in [0.15, 0.2) is 6.61 Å². The zero-order valence-corrected chi connectivity index (χ0v) is 19.5. The summed E-state index contributed by atoms with van der Waals surface area (Å²) in [5.74, 6) is -1.96. The molecular formula is C23H27FN2O6S. The molecule has 1 amide bonds. The van der Waals surface area contributed by atoms with Crippen LogP contribution in [0.2, 0.25) is 0 Å². The molecule has 0 aromatic heterocycles. The number of sulfonamides is 1. The van der Waals surface area contributed by atoms with Gasteiger partial charge in [0.2, 0.25) is 10.0 Å². The first-order valence-corrected chi connectivity index (χ1v) is 11.9. The fourth-order valence-electron chi connectivity index (χ4n) is 3.58. The molecule has 2 atom stereocenters. The predicted molar refractivity (Wildman–Crippen MR) is 118 cm³/mol. The van der Waals surface area contributed by atoms with Crippen LogP contribution in [0.3, 0.4) is 0 Å². The standard InChI is InChI=1S/C23H27FN2O6S/c1-15-8-9-19(10-16(15)2)33(30,31)26-13-18(27)11-21(26)23(29)32-14-22(28)25(3)12-17-6-4-5-7-20(17)24/h4-10,18,21,27H,11-14H2,1-3H3/t18?,21-/m0/s1. The average Bonchev–Trinajstić information content (AvgIpc) is 3.17. The van der Waals surface area contributed by atoms with E-state index in [0.29, 0.717) is 5.56 Å². The monoisotopic (exact) mass is 478 g/mol. The first-order valence-electron chi connectivity index (χ1n) is 10.4. The molecule has 0 aliphatic carbocycles. The SMILES string of the molecule is Cc1ccc(S(=O)(=O)N2CC(O)C[C@H]2C(=O)OCC(=O)N(C)Cc2ccccc2F)cc1C. The third-order valence-electron chi connectivity index (χ3n) is 5.72. The van der Waals surface area contributed by atoms with Crippen molar-refractivity contribution in [1.82, 2.24) is 9.21 Å². The quantitative estimate of drug-likeness (QED) is 0.609. The molecular weight excluding hydrogens is 451 g/mol. The molecule has 2 aromatic carbocycles. The highest BCUT2D eigenvalue weighted by atomic mass is 32.2. The zero-order chi connectivity index (χ0) is 24.3. The molecule has 178 valence electrons. The fourth-order valence-corrected chi connectivity index (χ4v) is 5.30. The van der Waals surface area contributed by atoms with Crippen LogP contribution in [0.5, 0.6) is 0 Å². The molecule has 1 N–H and O–H groups in total. The van der Waals surface area contributed by atoms with Crippen molar-refractivity contribution in [2.24, 2.45) is 0 Å². The molecule has 1 heterocycles. The molecule has 0 spiro atoms. The summed E-state index contributed by atoms with van der Waals surface area (Å²) in [6, 6.07) is 9.39. The highest BCUT2D eigenvalue weighted by molar-refractivity contribution is 7.89. The number of carbonyl (C=O) groups excluding carboxylic acids is 2. The number of ether oxygens (including phenoxy) is 1. The van der Waals surface area contributed by atoms with Gasteiger partial charge in [0, 0.05) is 32.1 Å². The zero-order valence-electron chi connectivity index (χ0n) is 18.7. The molecule has 0 radical (unpaired) electrons. The number of nitrogens with zero attached hydrogens (tertiary/aromatic N) is 2. The van der Waals surface area contributed by atoms with Gasteiger partial charge < -0.3 is 14.7 Å². The van der Waals surface area contributed by atoms with Crippen LogP contribution in [0, 0.1) is 19.7 Å². The number of aryl methyl sites for hydroxylation is 2. The first-order chi connectivity index (χ1) is 15.5. The van der Waals surface area contributed by atoms with Crippen LogP contribution in [0.4, 0.5) is 4.39 Å². The average molecular weight is 479 g/mol. The van der Waals surface area contributed by atoms with Crippen LogP contribution in [-0.2, 0) is 30.9 Å². The molecule has 2 aromatic rings. The lowest BCUT2D eigenvalue weighted by Gasteiger charge is -2.23. The Bertz CT molecular complexity index is 1150. The number of esters is 1. The van der Waals surface area contributed by atoms with Crippen LogP contribution in [-0.4, -0.2) is 67.0 Å². The molecule has 1 aliphatic rings. The van der Waals surface area contributed by atoms with Crippen molar-refractivity contribution < 1.29 is 32.2 Å². The van der Waals surface area contributed by atoms with E-state index in [1.165, 1.54) is 36.2 Å². The topological polar surface area (TPSA) is 104 Å². The maximum absolute atomic E-state index is 13.8. The van der Waals surface area contributed by atoms with Gasteiger partial charge in [-0.25, -0.2) is 12.8 Å². The van der Waals surface area contributed by atoms with E-state index in [4.69, 9.17) is 4.74 Å². The number of hydrogen-bond donors (Lipinski definition) is 1. The minimum Gasteiger partial charge on any atom is -0.454 e. The lowest BCUT2D eigenvalue weighted by molar-refractivity contribution is -0.154. The van der Waals surface area contributed by atoms with Gasteiger partial charge in [0.1, 0.15) is 11.9 Å². The second-order valence-electron chi connectivity index (χ2n) is 8.18. The maximum atomic E-state index is 13.8. The molecule has 10 heteroatoms. The number of aliphatic hydroxyl groups excluding tert-OH is 1. The fraction of sp³-hybridized carbons (Fsp3) is 0.391. The molecule has 1 aliphatic heterocycles. The van der Waals surface area contributed by atoms with E-state index in [-0.39, 0.29) is 24.4 Å². The van der Waals surface area contributed by atoms with E-state index in [9.17, 15) is 27.5 Å². The van der Waals surface area contributed by atoms with E-state index < -0.39 is 46.5 Å². The van der Waals surface area contributed by atoms with E-state index in [0.717, 1.165) is 15.4 Å². The van der Waals surface area contributed by atoms with Gasteiger partial charge in [0.25, 0.3) is 5.91 Å². The van der Waals surface area contributed by atoms with Crippen LogP contribution in [0.25, 0.3) is 0 Å².